The summed E-state index contributed by atoms with van der Waals surface area (Å²) in [6, 6.07) is 0. The zero-order chi connectivity index (χ0) is 7.90. The summed E-state index contributed by atoms with van der Waals surface area (Å²) < 4.78 is 0. The first-order valence-corrected chi connectivity index (χ1v) is 4.88. The quantitative estimate of drug-likeness (QED) is 0.464. The second kappa shape index (κ2) is 2.36. The molecule has 0 spiro atoms. The maximum absolute atomic E-state index is 2.44. The fourth-order valence-corrected chi connectivity index (χ4v) is 2.79. The first-order valence-electron chi connectivity index (χ1n) is 4.88. The van der Waals surface area contributed by atoms with Crippen LogP contribution in [0.4, 0.5) is 0 Å². The third-order valence-electron chi connectivity index (χ3n) is 3.74. The van der Waals surface area contributed by atoms with Crippen LogP contribution in [-0.2, 0) is 0 Å². The van der Waals surface area contributed by atoms with Gasteiger partial charge in [0.25, 0.3) is 0 Å². The Morgan fingerprint density at radius 2 is 1.45 bits per heavy atom. The van der Waals surface area contributed by atoms with Crippen LogP contribution in [0.15, 0.2) is 12.2 Å². The van der Waals surface area contributed by atoms with Crippen LogP contribution in [0.5, 0.6) is 0 Å². The molecule has 0 N–H and O–H groups in total. The van der Waals surface area contributed by atoms with Crippen molar-refractivity contribution in [1.82, 2.24) is 0 Å². The number of hydrogen-bond acceptors (Lipinski definition) is 0. The van der Waals surface area contributed by atoms with Crippen molar-refractivity contribution < 1.29 is 0 Å². The predicted molar refractivity (Wildman–Crippen MR) is 48.4 cm³/mol. The van der Waals surface area contributed by atoms with Gasteiger partial charge in [-0.3, -0.25) is 0 Å². The smallest absolute Gasteiger partial charge is 0.0292 e. The van der Waals surface area contributed by atoms with E-state index in [0.717, 1.165) is 11.8 Å². The molecular formula is C11H18. The van der Waals surface area contributed by atoms with Gasteiger partial charge in [0.1, 0.15) is 0 Å². The normalized spacial score (nSPS) is 40.5. The molecule has 62 valence electrons. The zero-order valence-electron chi connectivity index (χ0n) is 7.64. The molecule has 1 saturated carbocycles. The average Bonchev–Trinajstić information content (AvgIpc) is 2.29. The van der Waals surface area contributed by atoms with Crippen LogP contribution in [0.3, 0.4) is 0 Å². The summed E-state index contributed by atoms with van der Waals surface area (Å²) in [7, 11) is 0. The van der Waals surface area contributed by atoms with Crippen LogP contribution >= 0.6 is 0 Å². The largest absolute Gasteiger partial charge is 0.0885 e. The van der Waals surface area contributed by atoms with E-state index in [0.29, 0.717) is 5.41 Å². The van der Waals surface area contributed by atoms with Crippen molar-refractivity contribution in [3.63, 3.8) is 0 Å². The molecule has 11 heavy (non-hydrogen) atoms. The van der Waals surface area contributed by atoms with E-state index < -0.39 is 0 Å². The summed E-state index contributed by atoms with van der Waals surface area (Å²) in [4.78, 5) is 0. The van der Waals surface area contributed by atoms with E-state index >= 15 is 0 Å². The number of fused-ring (bicyclic) bond motifs is 1. The van der Waals surface area contributed by atoms with Gasteiger partial charge in [-0.1, -0.05) is 26.0 Å². The van der Waals surface area contributed by atoms with E-state index in [1.807, 2.05) is 0 Å². The summed E-state index contributed by atoms with van der Waals surface area (Å²) in [6.07, 6.45) is 10.3. The molecular weight excluding hydrogens is 132 g/mol. The molecule has 0 aromatic carbocycles. The van der Waals surface area contributed by atoms with Crippen molar-refractivity contribution in [1.29, 1.82) is 0 Å². The number of allylic oxidation sites excluding steroid dienone is 2. The van der Waals surface area contributed by atoms with Gasteiger partial charge in [-0.15, -0.1) is 0 Å². The topological polar surface area (TPSA) is 0 Å². The summed E-state index contributed by atoms with van der Waals surface area (Å²) in [5.41, 5.74) is 0.687. The highest BCUT2D eigenvalue weighted by molar-refractivity contribution is 5.07. The van der Waals surface area contributed by atoms with Crippen LogP contribution in [0, 0.1) is 17.3 Å². The second-order valence-corrected chi connectivity index (χ2v) is 4.66. The van der Waals surface area contributed by atoms with Gasteiger partial charge >= 0.3 is 0 Å². The summed E-state index contributed by atoms with van der Waals surface area (Å²) >= 11 is 0. The first-order chi connectivity index (χ1) is 5.23. The van der Waals surface area contributed by atoms with Crippen molar-refractivity contribution in [3.05, 3.63) is 12.2 Å². The molecule has 2 aliphatic carbocycles. The Balaban J connectivity index is 2.02. The van der Waals surface area contributed by atoms with Crippen LogP contribution in [0.1, 0.15) is 39.5 Å². The molecule has 0 bridgehead atoms. The lowest BCUT2D eigenvalue weighted by molar-refractivity contribution is 0.519. The molecule has 2 atom stereocenters. The number of rotatable bonds is 0. The molecule has 2 aliphatic rings. The Morgan fingerprint density at radius 3 is 1.91 bits per heavy atom. The molecule has 0 heterocycles. The van der Waals surface area contributed by atoms with Crippen molar-refractivity contribution in [2.45, 2.75) is 39.5 Å². The lowest BCUT2D eigenvalue weighted by atomic mass is 10.1. The van der Waals surface area contributed by atoms with Gasteiger partial charge in [-0.05, 0) is 42.9 Å². The Labute approximate surface area is 69.7 Å². The van der Waals surface area contributed by atoms with Gasteiger partial charge in [0, 0.05) is 0 Å². The molecule has 2 rings (SSSR count). The molecule has 0 amide bonds. The Morgan fingerprint density at radius 1 is 1.00 bits per heavy atom. The van der Waals surface area contributed by atoms with Gasteiger partial charge in [-0.25, -0.2) is 0 Å². The molecule has 0 aromatic heterocycles. The molecule has 0 aliphatic heterocycles. The fourth-order valence-electron chi connectivity index (χ4n) is 2.79. The third kappa shape index (κ3) is 1.13. The molecule has 0 radical (unpaired) electrons. The van der Waals surface area contributed by atoms with E-state index in [9.17, 15) is 0 Å². The van der Waals surface area contributed by atoms with Gasteiger partial charge in [0.15, 0.2) is 0 Å². The molecule has 0 heteroatoms. The Hall–Kier alpha value is -0.260. The van der Waals surface area contributed by atoms with Crippen LogP contribution in [0.2, 0.25) is 0 Å². The second-order valence-electron chi connectivity index (χ2n) is 4.66. The molecule has 0 saturated heterocycles. The highest BCUT2D eigenvalue weighted by Gasteiger charge is 2.55. The van der Waals surface area contributed by atoms with Crippen molar-refractivity contribution in [3.8, 4) is 0 Å². The van der Waals surface area contributed by atoms with E-state index in [4.69, 9.17) is 0 Å². The standard InChI is InChI=1S/C11H18/c1-11(2)9-7-5-3-4-6-8-10(9)11/h3-4,9-10H,5-8H2,1-2H3. The maximum Gasteiger partial charge on any atom is -0.0292 e. The first kappa shape index (κ1) is 7.39. The van der Waals surface area contributed by atoms with E-state index in [1.165, 1.54) is 25.7 Å². The van der Waals surface area contributed by atoms with E-state index in [2.05, 4.69) is 26.0 Å². The molecule has 0 aromatic rings. The van der Waals surface area contributed by atoms with Crippen LogP contribution in [-0.4, -0.2) is 0 Å². The monoisotopic (exact) mass is 150 g/mol. The van der Waals surface area contributed by atoms with Crippen molar-refractivity contribution in [2.75, 3.05) is 0 Å². The fraction of sp³-hybridized carbons (Fsp3) is 0.818. The molecule has 0 nitrogen and oxygen atoms in total. The average molecular weight is 150 g/mol. The van der Waals surface area contributed by atoms with Gasteiger partial charge in [0.05, 0.1) is 0 Å². The predicted octanol–water partition coefficient (Wildman–Crippen LogP) is 3.39. The summed E-state index contributed by atoms with van der Waals surface area (Å²) in [6.45, 7) is 4.88. The number of hydrogen-bond donors (Lipinski definition) is 0. The van der Waals surface area contributed by atoms with E-state index in [-0.39, 0.29) is 0 Å². The van der Waals surface area contributed by atoms with Crippen LogP contribution < -0.4 is 0 Å². The Bertz CT molecular complexity index is 158. The highest BCUT2D eigenvalue weighted by Crippen LogP contribution is 2.62. The maximum atomic E-state index is 2.44. The minimum absolute atomic E-state index is 0.687. The molecule has 2 unspecified atom stereocenters. The lowest BCUT2D eigenvalue weighted by Gasteiger charge is -1.99. The third-order valence-corrected chi connectivity index (χ3v) is 3.74. The minimum atomic E-state index is 0.687. The Kier molecular flexibility index (Phi) is 1.59. The highest BCUT2D eigenvalue weighted by atomic mass is 14.6. The van der Waals surface area contributed by atoms with Crippen molar-refractivity contribution in [2.24, 2.45) is 17.3 Å². The minimum Gasteiger partial charge on any atom is -0.0885 e. The van der Waals surface area contributed by atoms with Gasteiger partial charge < -0.3 is 0 Å². The zero-order valence-corrected chi connectivity index (χ0v) is 7.64. The lowest BCUT2D eigenvalue weighted by Crippen LogP contribution is -1.89. The van der Waals surface area contributed by atoms with Crippen LogP contribution in [0.25, 0.3) is 0 Å². The van der Waals surface area contributed by atoms with E-state index in [1.54, 1.807) is 0 Å². The summed E-state index contributed by atoms with van der Waals surface area (Å²) in [5.74, 6) is 2.10. The van der Waals surface area contributed by atoms with Crippen molar-refractivity contribution >= 4 is 0 Å². The SMILES string of the molecule is CC1(C)C2CCC=CCCC21. The van der Waals surface area contributed by atoms with Gasteiger partial charge in [-0.2, -0.15) is 0 Å². The summed E-state index contributed by atoms with van der Waals surface area (Å²) in [5, 5.41) is 0. The van der Waals surface area contributed by atoms with Gasteiger partial charge in [0.2, 0.25) is 0 Å². The molecule has 1 fully saturated rings.